The maximum Gasteiger partial charge on any atom is 0.324 e. The van der Waals surface area contributed by atoms with Gasteiger partial charge in [-0.15, -0.1) is 0 Å². The summed E-state index contributed by atoms with van der Waals surface area (Å²) in [4.78, 5) is 30.1. The molecule has 3 aromatic rings. The third-order valence-electron chi connectivity index (χ3n) is 7.26. The summed E-state index contributed by atoms with van der Waals surface area (Å²) in [6.45, 7) is 8.91. The van der Waals surface area contributed by atoms with Crippen LogP contribution in [0.25, 0.3) is 0 Å². The molecule has 2 aliphatic heterocycles. The van der Waals surface area contributed by atoms with E-state index in [2.05, 4.69) is 31.9 Å². The van der Waals surface area contributed by atoms with Gasteiger partial charge >= 0.3 is 6.01 Å². The van der Waals surface area contributed by atoms with Gasteiger partial charge in [0.2, 0.25) is 5.95 Å². The maximum absolute atomic E-state index is 12.4. The zero-order valence-electron chi connectivity index (χ0n) is 21.1. The number of nitrogens with zero attached hydrogens (tertiary/aromatic N) is 7. The highest BCUT2D eigenvalue weighted by atomic mass is 16.5. The molecule has 0 saturated carbocycles. The molecule has 2 aliphatic rings. The van der Waals surface area contributed by atoms with E-state index in [0.717, 1.165) is 43.7 Å². The van der Waals surface area contributed by atoms with Crippen molar-refractivity contribution >= 4 is 12.0 Å². The summed E-state index contributed by atoms with van der Waals surface area (Å²) in [5, 5.41) is 3.99. The van der Waals surface area contributed by atoms with Crippen molar-refractivity contribution in [2.45, 2.75) is 58.2 Å². The van der Waals surface area contributed by atoms with Gasteiger partial charge in [-0.05, 0) is 44.2 Å². The summed E-state index contributed by atoms with van der Waals surface area (Å²) < 4.78 is 13.3. The van der Waals surface area contributed by atoms with Crippen LogP contribution in [0.1, 0.15) is 44.1 Å². The van der Waals surface area contributed by atoms with Gasteiger partial charge in [-0.2, -0.15) is 4.98 Å². The molecule has 0 spiro atoms. The van der Waals surface area contributed by atoms with Crippen LogP contribution in [0.3, 0.4) is 0 Å². The summed E-state index contributed by atoms with van der Waals surface area (Å²) in [7, 11) is 0. The molecule has 3 atom stereocenters. The second kappa shape index (κ2) is 10.3. The van der Waals surface area contributed by atoms with Crippen molar-refractivity contribution in [2.75, 3.05) is 36.0 Å². The van der Waals surface area contributed by atoms with Crippen molar-refractivity contribution in [2.24, 2.45) is 11.7 Å². The van der Waals surface area contributed by atoms with Crippen molar-refractivity contribution in [3.8, 4) is 5.75 Å². The van der Waals surface area contributed by atoms with Gasteiger partial charge in [0.1, 0.15) is 0 Å². The van der Waals surface area contributed by atoms with Gasteiger partial charge in [-0.3, -0.25) is 4.79 Å². The molecule has 11 nitrogen and oxygen atoms in total. The molecule has 11 heteroatoms. The molecular weight excluding hydrogens is 460 g/mol. The predicted octanol–water partition coefficient (Wildman–Crippen LogP) is 1.96. The van der Waals surface area contributed by atoms with E-state index in [-0.39, 0.29) is 23.7 Å². The first-order valence-electron chi connectivity index (χ1n) is 12.7. The van der Waals surface area contributed by atoms with Crippen LogP contribution in [0, 0.1) is 12.8 Å². The summed E-state index contributed by atoms with van der Waals surface area (Å²) >= 11 is 0. The van der Waals surface area contributed by atoms with E-state index in [1.165, 1.54) is 0 Å². The van der Waals surface area contributed by atoms with Gasteiger partial charge in [0.25, 0.3) is 5.56 Å². The van der Waals surface area contributed by atoms with E-state index in [1.54, 1.807) is 23.0 Å². The van der Waals surface area contributed by atoms with Gasteiger partial charge in [-0.1, -0.05) is 12.1 Å². The number of nitrogens with two attached hydrogens (primary N) is 1. The van der Waals surface area contributed by atoms with Crippen molar-refractivity contribution in [3.05, 3.63) is 52.5 Å². The molecule has 5 heterocycles. The minimum atomic E-state index is -0.184. The molecule has 5 rings (SSSR count). The molecule has 2 fully saturated rings. The molecule has 0 aliphatic carbocycles. The Morgan fingerprint density at radius 1 is 1.19 bits per heavy atom. The third-order valence-corrected chi connectivity index (χ3v) is 7.26. The molecule has 192 valence electrons. The van der Waals surface area contributed by atoms with Crippen molar-refractivity contribution in [1.82, 2.24) is 24.7 Å². The minimum absolute atomic E-state index is 0.0356. The van der Waals surface area contributed by atoms with Crippen molar-refractivity contribution in [3.63, 3.8) is 0 Å². The Labute approximate surface area is 210 Å². The standard InChI is InChI=1S/C25H34N8O3/c1-4-22-29-25(36-30-22)31-8-6-18(7-9-31)17(3)35-19-12-27-24(28-13-19)32-14-20(26)21(15-32)33-10-5-16(2)11-23(33)34/h5,10-13,17-18,20-21H,4,6-9,14-15,26H2,1-3H3/t17-,20-,21-/m0/s1. The first-order valence-corrected chi connectivity index (χ1v) is 12.7. The number of hydrogen-bond acceptors (Lipinski definition) is 10. The Bertz CT molecular complexity index is 1220. The zero-order valence-corrected chi connectivity index (χ0v) is 21.1. The Morgan fingerprint density at radius 3 is 2.61 bits per heavy atom. The van der Waals surface area contributed by atoms with Crippen LogP contribution in [-0.2, 0) is 6.42 Å². The normalized spacial score (nSPS) is 21.7. The smallest absolute Gasteiger partial charge is 0.324 e. The number of aryl methyl sites for hydroxylation is 2. The maximum atomic E-state index is 12.4. The lowest BCUT2D eigenvalue weighted by Gasteiger charge is -2.33. The second-order valence-electron chi connectivity index (χ2n) is 9.80. The van der Waals surface area contributed by atoms with Crippen LogP contribution in [0.2, 0.25) is 0 Å². The first kappa shape index (κ1) is 24.2. The predicted molar refractivity (Wildman–Crippen MR) is 135 cm³/mol. The van der Waals surface area contributed by atoms with Crippen LogP contribution >= 0.6 is 0 Å². The van der Waals surface area contributed by atoms with E-state index in [4.69, 9.17) is 15.0 Å². The van der Waals surface area contributed by atoms with Crippen LogP contribution < -0.4 is 25.8 Å². The number of aromatic nitrogens is 5. The number of piperidine rings is 1. The number of anilines is 2. The van der Waals surface area contributed by atoms with Gasteiger partial charge in [0.05, 0.1) is 24.5 Å². The Kier molecular flexibility index (Phi) is 6.90. The zero-order chi connectivity index (χ0) is 25.2. The highest BCUT2D eigenvalue weighted by Gasteiger charge is 2.33. The van der Waals surface area contributed by atoms with Crippen molar-refractivity contribution < 1.29 is 9.26 Å². The molecule has 0 radical (unpaired) electrons. The average molecular weight is 495 g/mol. The number of ether oxygens (including phenoxy) is 1. The molecule has 3 aromatic heterocycles. The molecule has 2 N–H and O–H groups in total. The fourth-order valence-electron chi connectivity index (χ4n) is 5.05. The van der Waals surface area contributed by atoms with E-state index >= 15 is 0 Å². The molecular formula is C25H34N8O3. The van der Waals surface area contributed by atoms with Crippen LogP contribution in [0.15, 0.2) is 40.0 Å². The Balaban J connectivity index is 1.15. The quantitative estimate of drug-likeness (QED) is 0.520. The lowest BCUT2D eigenvalue weighted by Crippen LogP contribution is -2.38. The van der Waals surface area contributed by atoms with Gasteiger partial charge in [-0.25, -0.2) is 9.97 Å². The van der Waals surface area contributed by atoms with Crippen molar-refractivity contribution in [1.29, 1.82) is 0 Å². The van der Waals surface area contributed by atoms with Gasteiger partial charge < -0.3 is 29.4 Å². The monoisotopic (exact) mass is 494 g/mol. The molecule has 0 amide bonds. The second-order valence-corrected chi connectivity index (χ2v) is 9.80. The Morgan fingerprint density at radius 2 is 1.94 bits per heavy atom. The average Bonchev–Trinajstić information content (AvgIpc) is 3.52. The highest BCUT2D eigenvalue weighted by Crippen LogP contribution is 2.28. The summed E-state index contributed by atoms with van der Waals surface area (Å²) in [5.74, 6) is 2.39. The summed E-state index contributed by atoms with van der Waals surface area (Å²) in [6.07, 6.45) is 8.02. The van der Waals surface area contributed by atoms with E-state index in [1.807, 2.05) is 31.0 Å². The molecule has 2 saturated heterocycles. The Hall–Kier alpha value is -3.47. The summed E-state index contributed by atoms with van der Waals surface area (Å²) in [6, 6.07) is 3.87. The first-order chi connectivity index (χ1) is 17.4. The number of hydrogen-bond donors (Lipinski definition) is 1. The van der Waals surface area contributed by atoms with Gasteiger partial charge in [0, 0.05) is 50.9 Å². The van der Waals surface area contributed by atoms with Crippen LogP contribution in [-0.4, -0.2) is 63.0 Å². The fourth-order valence-corrected chi connectivity index (χ4v) is 5.05. The topological polar surface area (TPSA) is 128 Å². The molecule has 0 aromatic carbocycles. The third kappa shape index (κ3) is 5.06. The largest absolute Gasteiger partial charge is 0.487 e. The van der Waals surface area contributed by atoms with E-state index in [9.17, 15) is 4.79 Å². The summed E-state index contributed by atoms with van der Waals surface area (Å²) in [5.41, 5.74) is 7.28. The van der Waals surface area contributed by atoms with Crippen LogP contribution in [0.4, 0.5) is 12.0 Å². The molecule has 36 heavy (non-hydrogen) atoms. The van der Waals surface area contributed by atoms with Crippen LogP contribution in [0.5, 0.6) is 5.75 Å². The molecule has 0 bridgehead atoms. The lowest BCUT2D eigenvalue weighted by molar-refractivity contribution is 0.131. The van der Waals surface area contributed by atoms with E-state index in [0.29, 0.717) is 36.7 Å². The number of rotatable bonds is 7. The van der Waals surface area contributed by atoms with Gasteiger partial charge in [0.15, 0.2) is 11.6 Å². The lowest BCUT2D eigenvalue weighted by atomic mass is 9.92. The minimum Gasteiger partial charge on any atom is -0.487 e. The number of pyridine rings is 1. The molecule has 0 unspecified atom stereocenters. The highest BCUT2D eigenvalue weighted by molar-refractivity contribution is 5.35. The van der Waals surface area contributed by atoms with E-state index < -0.39 is 0 Å². The fraction of sp³-hybridized carbons (Fsp3) is 0.560. The SMILES string of the molecule is CCc1noc(N2CCC([C@H](C)Oc3cnc(N4C[C@H](N)[C@@H](n5ccc(C)cc5=O)C4)nc3)CC2)n1.